The third kappa shape index (κ3) is 3.05. The molecule has 2 aliphatic rings. The summed E-state index contributed by atoms with van der Waals surface area (Å²) in [5, 5.41) is 0.667. The Morgan fingerprint density at radius 1 is 1.25 bits per heavy atom. The molecule has 2 atom stereocenters. The van der Waals surface area contributed by atoms with Crippen LogP contribution in [0.25, 0.3) is 0 Å². The molecule has 1 aromatic rings. The van der Waals surface area contributed by atoms with Gasteiger partial charge in [0.1, 0.15) is 0 Å². The lowest BCUT2D eigenvalue weighted by Crippen LogP contribution is -2.53. The number of hydrogen-bond donors (Lipinski definition) is 0. The molecule has 0 amide bonds. The molecule has 2 fully saturated rings. The van der Waals surface area contributed by atoms with Crippen LogP contribution >= 0.6 is 11.6 Å². The van der Waals surface area contributed by atoms with Gasteiger partial charge in [0, 0.05) is 23.2 Å². The number of morpholine rings is 1. The van der Waals surface area contributed by atoms with Crippen molar-refractivity contribution < 1.29 is 9.53 Å². The summed E-state index contributed by atoms with van der Waals surface area (Å²) in [5.41, 5.74) is 0.744. The van der Waals surface area contributed by atoms with Crippen LogP contribution in [0.4, 0.5) is 0 Å². The number of carbonyl (C=O) groups is 1. The lowest BCUT2D eigenvalue weighted by molar-refractivity contribution is -0.0846. The monoisotopic (exact) mass is 293 g/mol. The number of Topliss-reactive ketones (excluding diaryl/α,β-unsaturated/α-hetero) is 1. The predicted octanol–water partition coefficient (Wildman–Crippen LogP) is 3.17. The van der Waals surface area contributed by atoms with Crippen LogP contribution in [0, 0.1) is 0 Å². The number of halogens is 1. The molecule has 4 heteroatoms. The average molecular weight is 294 g/mol. The van der Waals surface area contributed by atoms with E-state index in [4.69, 9.17) is 16.3 Å². The summed E-state index contributed by atoms with van der Waals surface area (Å²) in [6.45, 7) is 2.10. The Morgan fingerprint density at radius 2 is 2.00 bits per heavy atom. The topological polar surface area (TPSA) is 29.5 Å². The second kappa shape index (κ2) is 6.25. The molecule has 0 radical (unpaired) electrons. The smallest absolute Gasteiger partial charge is 0.176 e. The van der Waals surface area contributed by atoms with Crippen molar-refractivity contribution in [1.29, 1.82) is 0 Å². The summed E-state index contributed by atoms with van der Waals surface area (Å²) in [4.78, 5) is 14.7. The van der Waals surface area contributed by atoms with Gasteiger partial charge in [-0.25, -0.2) is 0 Å². The van der Waals surface area contributed by atoms with Gasteiger partial charge in [-0.1, -0.05) is 24.4 Å². The average Bonchev–Trinajstić information content (AvgIpc) is 2.48. The maximum Gasteiger partial charge on any atom is 0.176 e. The molecule has 108 valence electrons. The summed E-state index contributed by atoms with van der Waals surface area (Å²) in [6, 6.07) is 7.59. The molecule has 0 N–H and O–H groups in total. The van der Waals surface area contributed by atoms with E-state index < -0.39 is 0 Å². The van der Waals surface area contributed by atoms with Crippen molar-refractivity contribution in [1.82, 2.24) is 4.90 Å². The first-order valence-electron chi connectivity index (χ1n) is 7.38. The molecule has 0 spiro atoms. The highest BCUT2D eigenvalue weighted by atomic mass is 35.5. The van der Waals surface area contributed by atoms with E-state index in [-0.39, 0.29) is 5.78 Å². The van der Waals surface area contributed by atoms with E-state index in [1.165, 1.54) is 12.8 Å². The fourth-order valence-electron chi connectivity index (χ4n) is 3.28. The Hall–Kier alpha value is -0.900. The first-order chi connectivity index (χ1) is 9.74. The number of hydrogen-bond acceptors (Lipinski definition) is 3. The van der Waals surface area contributed by atoms with Crippen LogP contribution in [-0.2, 0) is 4.74 Å². The third-order valence-electron chi connectivity index (χ3n) is 4.36. The molecule has 0 bridgehead atoms. The minimum absolute atomic E-state index is 0.174. The summed E-state index contributed by atoms with van der Waals surface area (Å²) in [7, 11) is 0. The molecule has 1 aliphatic heterocycles. The molecule has 1 aromatic carbocycles. The second-order valence-electron chi connectivity index (χ2n) is 5.66. The standard InChI is InChI=1S/C16H20ClNO2/c17-13-7-5-12(6-8-13)15(19)11-18-9-10-20-16-4-2-1-3-14(16)18/h5-8,14,16H,1-4,9-11H2. The largest absolute Gasteiger partial charge is 0.375 e. The van der Waals surface area contributed by atoms with Gasteiger partial charge in [0.2, 0.25) is 0 Å². The Morgan fingerprint density at radius 3 is 2.80 bits per heavy atom. The number of rotatable bonds is 3. The van der Waals surface area contributed by atoms with Crippen molar-refractivity contribution >= 4 is 17.4 Å². The molecule has 1 aliphatic carbocycles. The molecule has 2 unspecified atom stereocenters. The highest BCUT2D eigenvalue weighted by molar-refractivity contribution is 6.30. The first-order valence-corrected chi connectivity index (χ1v) is 7.76. The fourth-order valence-corrected chi connectivity index (χ4v) is 3.41. The van der Waals surface area contributed by atoms with Crippen LogP contribution in [0.3, 0.4) is 0 Å². The Balaban J connectivity index is 1.66. The van der Waals surface area contributed by atoms with Crippen LogP contribution in [0.5, 0.6) is 0 Å². The van der Waals surface area contributed by atoms with Crippen molar-refractivity contribution in [3.05, 3.63) is 34.9 Å². The molecule has 1 saturated heterocycles. The van der Waals surface area contributed by atoms with E-state index in [1.54, 1.807) is 12.1 Å². The summed E-state index contributed by atoms with van der Waals surface area (Å²) >= 11 is 5.86. The molecular formula is C16H20ClNO2. The van der Waals surface area contributed by atoms with E-state index >= 15 is 0 Å². The summed E-state index contributed by atoms with van der Waals surface area (Å²) in [6.07, 6.45) is 5.11. The number of carbonyl (C=O) groups excluding carboxylic acids is 1. The summed E-state index contributed by atoms with van der Waals surface area (Å²) in [5.74, 6) is 0.174. The molecule has 20 heavy (non-hydrogen) atoms. The third-order valence-corrected chi connectivity index (χ3v) is 4.61. The van der Waals surface area contributed by atoms with Gasteiger partial charge in [0.05, 0.1) is 19.3 Å². The predicted molar refractivity (Wildman–Crippen MR) is 79.4 cm³/mol. The van der Waals surface area contributed by atoms with Crippen molar-refractivity contribution in [2.75, 3.05) is 19.7 Å². The van der Waals surface area contributed by atoms with Gasteiger partial charge in [0.15, 0.2) is 5.78 Å². The molecule has 3 nitrogen and oxygen atoms in total. The Bertz CT molecular complexity index is 472. The van der Waals surface area contributed by atoms with E-state index in [0.717, 1.165) is 31.6 Å². The van der Waals surface area contributed by atoms with Crippen molar-refractivity contribution in [2.24, 2.45) is 0 Å². The SMILES string of the molecule is O=C(CN1CCOC2CCCCC21)c1ccc(Cl)cc1. The fraction of sp³-hybridized carbons (Fsp3) is 0.562. The maximum atomic E-state index is 12.4. The van der Waals surface area contributed by atoms with Gasteiger partial charge in [-0.3, -0.25) is 9.69 Å². The van der Waals surface area contributed by atoms with Gasteiger partial charge in [-0.05, 0) is 37.1 Å². The number of fused-ring (bicyclic) bond motifs is 1. The number of ether oxygens (including phenoxy) is 1. The van der Waals surface area contributed by atoms with E-state index in [0.29, 0.717) is 23.7 Å². The van der Waals surface area contributed by atoms with Gasteiger partial charge in [0.25, 0.3) is 0 Å². The number of ketones is 1. The van der Waals surface area contributed by atoms with Gasteiger partial charge in [-0.2, -0.15) is 0 Å². The van der Waals surface area contributed by atoms with Gasteiger partial charge >= 0.3 is 0 Å². The minimum atomic E-state index is 0.174. The van der Waals surface area contributed by atoms with Crippen molar-refractivity contribution in [3.63, 3.8) is 0 Å². The highest BCUT2D eigenvalue weighted by Crippen LogP contribution is 2.28. The molecule has 0 aromatic heterocycles. The Labute approximate surface area is 124 Å². The Kier molecular flexibility index (Phi) is 4.39. The zero-order valence-electron chi connectivity index (χ0n) is 11.6. The van der Waals surface area contributed by atoms with Crippen LogP contribution in [0.15, 0.2) is 24.3 Å². The second-order valence-corrected chi connectivity index (χ2v) is 6.10. The summed E-state index contributed by atoms with van der Waals surface area (Å²) < 4.78 is 5.84. The normalized spacial score (nSPS) is 27.1. The number of nitrogens with zero attached hydrogens (tertiary/aromatic N) is 1. The van der Waals surface area contributed by atoms with Crippen molar-refractivity contribution in [2.45, 2.75) is 37.8 Å². The molecule has 1 saturated carbocycles. The zero-order chi connectivity index (χ0) is 13.9. The van der Waals surface area contributed by atoms with Crippen LogP contribution < -0.4 is 0 Å². The quantitative estimate of drug-likeness (QED) is 0.802. The van der Waals surface area contributed by atoms with Gasteiger partial charge in [-0.15, -0.1) is 0 Å². The number of benzene rings is 1. The van der Waals surface area contributed by atoms with Crippen LogP contribution in [-0.4, -0.2) is 42.5 Å². The molecular weight excluding hydrogens is 274 g/mol. The lowest BCUT2D eigenvalue weighted by atomic mass is 9.90. The van der Waals surface area contributed by atoms with E-state index in [9.17, 15) is 4.79 Å². The molecule has 1 heterocycles. The van der Waals surface area contributed by atoms with Crippen LogP contribution in [0.2, 0.25) is 5.02 Å². The highest BCUT2D eigenvalue weighted by Gasteiger charge is 2.34. The van der Waals surface area contributed by atoms with Gasteiger partial charge < -0.3 is 4.74 Å². The van der Waals surface area contributed by atoms with E-state index in [2.05, 4.69) is 4.90 Å². The minimum Gasteiger partial charge on any atom is -0.375 e. The first kappa shape index (κ1) is 14.1. The van der Waals surface area contributed by atoms with E-state index in [1.807, 2.05) is 12.1 Å². The maximum absolute atomic E-state index is 12.4. The van der Waals surface area contributed by atoms with Crippen molar-refractivity contribution in [3.8, 4) is 0 Å². The lowest BCUT2D eigenvalue weighted by Gasteiger charge is -2.43. The molecule has 3 rings (SSSR count). The zero-order valence-corrected chi connectivity index (χ0v) is 12.3. The van der Waals surface area contributed by atoms with Crippen LogP contribution in [0.1, 0.15) is 36.0 Å².